The summed E-state index contributed by atoms with van der Waals surface area (Å²) in [5.41, 5.74) is 0.0537. The molecule has 2 rings (SSSR count). The van der Waals surface area contributed by atoms with Crippen LogP contribution in [0.5, 0.6) is 0 Å². The molecule has 0 fully saturated rings. The first-order chi connectivity index (χ1) is 8.38. The number of rotatable bonds is 1. The Morgan fingerprint density at radius 1 is 1.22 bits per heavy atom. The quantitative estimate of drug-likeness (QED) is 0.697. The Bertz CT molecular complexity index is 476. The Hall–Kier alpha value is -1.36. The van der Waals surface area contributed by atoms with Crippen LogP contribution >= 0.6 is 0 Å². The molecular weight excluding hydrogens is 246 g/mol. The van der Waals surface area contributed by atoms with E-state index in [4.69, 9.17) is 0 Å². The topological polar surface area (TPSA) is 3.24 Å². The molecule has 1 nitrogen and oxygen atoms in total. The highest BCUT2D eigenvalue weighted by atomic mass is 19.4. The summed E-state index contributed by atoms with van der Waals surface area (Å²) in [6.07, 6.45) is -1.84. The zero-order valence-electron chi connectivity index (χ0n) is 9.89. The van der Waals surface area contributed by atoms with E-state index in [2.05, 4.69) is 0 Å². The lowest BCUT2D eigenvalue weighted by atomic mass is 9.99. The van der Waals surface area contributed by atoms with Crippen LogP contribution in [0.15, 0.2) is 24.3 Å². The smallest absolute Gasteiger partial charge is 0.302 e. The molecule has 1 aromatic carbocycles. The van der Waals surface area contributed by atoms with Gasteiger partial charge in [0.05, 0.1) is 5.56 Å². The summed E-state index contributed by atoms with van der Waals surface area (Å²) >= 11 is 0. The lowest BCUT2D eigenvalue weighted by Crippen LogP contribution is -2.25. The molecule has 0 radical (unpaired) electrons. The van der Waals surface area contributed by atoms with Crippen LogP contribution in [-0.2, 0) is 6.18 Å². The molecule has 0 amide bonds. The molecule has 0 saturated carbocycles. The monoisotopic (exact) mass is 259 g/mol. The molecule has 0 aliphatic carbocycles. The molecule has 0 spiro atoms. The number of hydrogen-bond acceptors (Lipinski definition) is 1. The van der Waals surface area contributed by atoms with Crippen LogP contribution in [0, 0.1) is 5.82 Å². The van der Waals surface area contributed by atoms with Gasteiger partial charge in [-0.25, -0.2) is 4.39 Å². The molecule has 0 saturated heterocycles. The summed E-state index contributed by atoms with van der Waals surface area (Å²) < 4.78 is 51.0. The minimum atomic E-state index is -4.50. The van der Waals surface area contributed by atoms with E-state index in [0.29, 0.717) is 12.6 Å². The molecule has 1 aliphatic heterocycles. The molecule has 1 heterocycles. The van der Waals surface area contributed by atoms with Crippen molar-refractivity contribution < 1.29 is 17.6 Å². The first-order valence-electron chi connectivity index (χ1n) is 5.62. The zero-order chi connectivity index (χ0) is 13.3. The van der Waals surface area contributed by atoms with Gasteiger partial charge in [0.15, 0.2) is 0 Å². The van der Waals surface area contributed by atoms with Gasteiger partial charge in [0.1, 0.15) is 5.82 Å². The Kier molecular flexibility index (Phi) is 3.43. The lowest BCUT2D eigenvalue weighted by Gasteiger charge is -2.23. The van der Waals surface area contributed by atoms with Gasteiger partial charge in [-0.1, -0.05) is 12.1 Å². The third kappa shape index (κ3) is 2.72. The zero-order valence-corrected chi connectivity index (χ0v) is 9.89. The van der Waals surface area contributed by atoms with E-state index in [0.717, 1.165) is 24.6 Å². The minimum Gasteiger partial charge on any atom is -0.302 e. The van der Waals surface area contributed by atoms with Crippen LogP contribution in [0.4, 0.5) is 17.6 Å². The van der Waals surface area contributed by atoms with Gasteiger partial charge in [-0.05, 0) is 31.2 Å². The van der Waals surface area contributed by atoms with E-state index in [-0.39, 0.29) is 5.56 Å². The van der Waals surface area contributed by atoms with Gasteiger partial charge in [-0.15, -0.1) is 0 Å². The van der Waals surface area contributed by atoms with Crippen molar-refractivity contribution in [3.63, 3.8) is 0 Å². The van der Waals surface area contributed by atoms with E-state index in [9.17, 15) is 17.6 Å². The molecule has 1 aliphatic rings. The highest BCUT2D eigenvalue weighted by Crippen LogP contribution is 2.32. The highest BCUT2D eigenvalue weighted by molar-refractivity contribution is 5.68. The van der Waals surface area contributed by atoms with Gasteiger partial charge in [-0.3, -0.25) is 0 Å². The van der Waals surface area contributed by atoms with Gasteiger partial charge in [0.2, 0.25) is 0 Å². The van der Waals surface area contributed by atoms with Crippen molar-refractivity contribution in [2.45, 2.75) is 12.6 Å². The molecule has 0 N–H and O–H groups in total. The average Bonchev–Trinajstić information content (AvgIpc) is 2.27. The molecule has 98 valence electrons. The van der Waals surface area contributed by atoms with Gasteiger partial charge >= 0.3 is 6.18 Å². The van der Waals surface area contributed by atoms with Crippen molar-refractivity contribution in [1.82, 2.24) is 4.90 Å². The van der Waals surface area contributed by atoms with Gasteiger partial charge < -0.3 is 4.90 Å². The number of halogens is 4. The predicted molar refractivity (Wildman–Crippen MR) is 61.5 cm³/mol. The Balaban J connectivity index is 2.33. The number of benzene rings is 1. The Labute approximate surface area is 103 Å². The maximum atomic E-state index is 13.7. The summed E-state index contributed by atoms with van der Waals surface area (Å²) in [5, 5.41) is 0. The maximum absolute atomic E-state index is 13.7. The molecule has 0 atom stereocenters. The van der Waals surface area contributed by atoms with Gasteiger partial charge in [-0.2, -0.15) is 13.2 Å². The maximum Gasteiger partial charge on any atom is 0.416 e. The van der Waals surface area contributed by atoms with E-state index >= 15 is 0 Å². The Morgan fingerprint density at radius 3 is 2.50 bits per heavy atom. The van der Waals surface area contributed by atoms with E-state index in [1.54, 1.807) is 0 Å². The second kappa shape index (κ2) is 4.72. The average molecular weight is 259 g/mol. The summed E-state index contributed by atoms with van der Waals surface area (Å²) in [6.45, 7) is 1.44. The fourth-order valence-electron chi connectivity index (χ4n) is 2.04. The van der Waals surface area contributed by atoms with Crippen LogP contribution < -0.4 is 0 Å². The van der Waals surface area contributed by atoms with Crippen molar-refractivity contribution >= 4 is 5.57 Å². The number of likely N-dealkylation sites (N-methyl/N-ethyl adjacent to an activating group) is 1. The first-order valence-corrected chi connectivity index (χ1v) is 5.62. The summed E-state index contributed by atoms with van der Waals surface area (Å²) in [5.74, 6) is -0.814. The molecule has 0 unspecified atom stereocenters. The van der Waals surface area contributed by atoms with Crippen LogP contribution in [0.2, 0.25) is 0 Å². The molecular formula is C13H13F4N. The fourth-order valence-corrected chi connectivity index (χ4v) is 2.04. The van der Waals surface area contributed by atoms with Crippen LogP contribution in [-0.4, -0.2) is 25.0 Å². The second-order valence-corrected chi connectivity index (χ2v) is 4.45. The van der Waals surface area contributed by atoms with Crippen molar-refractivity contribution in [2.24, 2.45) is 0 Å². The first kappa shape index (κ1) is 13.1. The van der Waals surface area contributed by atoms with E-state index in [1.165, 1.54) is 6.07 Å². The predicted octanol–water partition coefficient (Wildman–Crippen LogP) is 3.56. The van der Waals surface area contributed by atoms with E-state index in [1.807, 2.05) is 18.0 Å². The second-order valence-electron chi connectivity index (χ2n) is 4.45. The molecule has 18 heavy (non-hydrogen) atoms. The van der Waals surface area contributed by atoms with Crippen molar-refractivity contribution in [2.75, 3.05) is 20.1 Å². The van der Waals surface area contributed by atoms with Crippen LogP contribution in [0.25, 0.3) is 5.57 Å². The van der Waals surface area contributed by atoms with Crippen molar-refractivity contribution in [3.8, 4) is 0 Å². The standard InChI is InChI=1S/C13H13F4N/c1-18-6-2-3-9(8-18)11-5-4-10(7-12(11)14)13(15,16)17/h3-5,7H,2,6,8H2,1H3. The SMILES string of the molecule is CN1CCC=C(c2ccc(C(F)(F)F)cc2F)C1. The van der Waals surface area contributed by atoms with E-state index < -0.39 is 17.6 Å². The fraction of sp³-hybridized carbons (Fsp3) is 0.385. The highest BCUT2D eigenvalue weighted by Gasteiger charge is 2.31. The Morgan fingerprint density at radius 2 is 1.94 bits per heavy atom. The third-order valence-electron chi connectivity index (χ3n) is 2.98. The third-order valence-corrected chi connectivity index (χ3v) is 2.98. The summed E-state index contributed by atoms with van der Waals surface area (Å²) in [4.78, 5) is 2.01. The normalized spacial score (nSPS) is 17.7. The molecule has 0 aromatic heterocycles. The van der Waals surface area contributed by atoms with Crippen LogP contribution in [0.1, 0.15) is 17.5 Å². The summed E-state index contributed by atoms with van der Waals surface area (Å²) in [6, 6.07) is 2.70. The van der Waals surface area contributed by atoms with Crippen LogP contribution in [0.3, 0.4) is 0 Å². The lowest BCUT2D eigenvalue weighted by molar-refractivity contribution is -0.137. The molecule has 0 bridgehead atoms. The molecule has 1 aromatic rings. The number of alkyl halides is 3. The van der Waals surface area contributed by atoms with Crippen molar-refractivity contribution in [3.05, 3.63) is 41.2 Å². The number of hydrogen-bond donors (Lipinski definition) is 0. The van der Waals surface area contributed by atoms with Crippen molar-refractivity contribution in [1.29, 1.82) is 0 Å². The number of nitrogens with zero attached hydrogens (tertiary/aromatic N) is 1. The largest absolute Gasteiger partial charge is 0.416 e. The minimum absolute atomic E-state index is 0.259. The van der Waals surface area contributed by atoms with Gasteiger partial charge in [0, 0.05) is 18.7 Å². The summed E-state index contributed by atoms with van der Waals surface area (Å²) in [7, 11) is 1.90. The molecule has 5 heteroatoms. The van der Waals surface area contributed by atoms with Gasteiger partial charge in [0.25, 0.3) is 0 Å².